The van der Waals surface area contributed by atoms with Crippen molar-refractivity contribution in [3.05, 3.63) is 33.4 Å². The van der Waals surface area contributed by atoms with Crippen LogP contribution in [0.2, 0.25) is 0 Å². The third-order valence-electron chi connectivity index (χ3n) is 6.08. The summed E-state index contributed by atoms with van der Waals surface area (Å²) in [6.45, 7) is 4.89. The number of ether oxygens (including phenoxy) is 4. The highest BCUT2D eigenvalue weighted by Gasteiger charge is 2.36. The molecule has 27 heavy (non-hydrogen) atoms. The number of nitrogens with one attached hydrogen (secondary N) is 1. The van der Waals surface area contributed by atoms with Gasteiger partial charge < -0.3 is 30.0 Å². The minimum Gasteiger partial charge on any atom is -0.373 e. The molecular formula is C21H30N2O4. The zero-order valence-electron chi connectivity index (χ0n) is 16.1. The van der Waals surface area contributed by atoms with Gasteiger partial charge >= 0.3 is 0 Å². The Labute approximate surface area is 160 Å². The summed E-state index contributed by atoms with van der Waals surface area (Å²) < 4.78 is 22.4. The SMILES string of the molecule is CNCc1c(CN)c(CC2CO2)c(CC2CO2)c(CC2CO2)c1CC1CO1. The van der Waals surface area contributed by atoms with E-state index in [0.29, 0.717) is 31.0 Å². The van der Waals surface area contributed by atoms with Crippen LogP contribution in [0.4, 0.5) is 0 Å². The highest BCUT2D eigenvalue weighted by Crippen LogP contribution is 2.37. The summed E-state index contributed by atoms with van der Waals surface area (Å²) in [6, 6.07) is 0. The molecule has 1 aromatic rings. The second-order valence-electron chi connectivity index (χ2n) is 8.24. The van der Waals surface area contributed by atoms with Crippen LogP contribution in [-0.2, 0) is 57.7 Å². The fourth-order valence-electron chi connectivity index (χ4n) is 4.37. The van der Waals surface area contributed by atoms with Crippen LogP contribution in [0.25, 0.3) is 0 Å². The Morgan fingerprint density at radius 3 is 1.30 bits per heavy atom. The Morgan fingerprint density at radius 2 is 1.00 bits per heavy atom. The number of rotatable bonds is 11. The van der Waals surface area contributed by atoms with Gasteiger partial charge in [0.25, 0.3) is 0 Å². The summed E-state index contributed by atoms with van der Waals surface area (Å²) in [7, 11) is 2.01. The van der Waals surface area contributed by atoms with Gasteiger partial charge in [0.2, 0.25) is 0 Å². The van der Waals surface area contributed by atoms with Crippen molar-refractivity contribution >= 4 is 0 Å². The molecule has 0 amide bonds. The topological polar surface area (TPSA) is 88.2 Å². The lowest BCUT2D eigenvalue weighted by molar-refractivity contribution is 0.394. The second kappa shape index (κ2) is 7.43. The highest BCUT2D eigenvalue weighted by atomic mass is 16.6. The smallest absolute Gasteiger partial charge is 0.0850 e. The molecule has 4 fully saturated rings. The predicted octanol–water partition coefficient (Wildman–Crippen LogP) is 0.630. The molecule has 4 unspecified atom stereocenters. The fourth-order valence-corrected chi connectivity index (χ4v) is 4.37. The van der Waals surface area contributed by atoms with E-state index in [-0.39, 0.29) is 0 Å². The molecule has 148 valence electrons. The van der Waals surface area contributed by atoms with Gasteiger partial charge in [-0.1, -0.05) is 0 Å². The molecule has 6 nitrogen and oxygen atoms in total. The van der Waals surface area contributed by atoms with E-state index < -0.39 is 0 Å². The van der Waals surface area contributed by atoms with Crippen molar-refractivity contribution < 1.29 is 18.9 Å². The summed E-state index contributed by atoms with van der Waals surface area (Å²) in [4.78, 5) is 0. The van der Waals surface area contributed by atoms with Crippen LogP contribution >= 0.6 is 0 Å². The van der Waals surface area contributed by atoms with Gasteiger partial charge in [0, 0.05) is 38.8 Å². The van der Waals surface area contributed by atoms with Gasteiger partial charge in [-0.25, -0.2) is 0 Å². The maximum absolute atomic E-state index is 6.32. The quantitative estimate of drug-likeness (QED) is 0.553. The highest BCUT2D eigenvalue weighted by molar-refractivity contribution is 5.54. The first-order chi connectivity index (χ1) is 13.3. The molecule has 4 heterocycles. The molecule has 0 spiro atoms. The molecule has 4 saturated heterocycles. The van der Waals surface area contributed by atoms with E-state index in [0.717, 1.165) is 58.7 Å². The molecule has 6 heteroatoms. The molecule has 0 saturated carbocycles. The first kappa shape index (κ1) is 18.0. The lowest BCUT2D eigenvalue weighted by atomic mass is 9.80. The molecular weight excluding hydrogens is 344 g/mol. The van der Waals surface area contributed by atoms with Crippen LogP contribution in [0, 0.1) is 0 Å². The van der Waals surface area contributed by atoms with Crippen molar-refractivity contribution in [1.29, 1.82) is 0 Å². The lowest BCUT2D eigenvalue weighted by Crippen LogP contribution is -2.22. The van der Waals surface area contributed by atoms with Crippen LogP contribution in [0.1, 0.15) is 33.4 Å². The monoisotopic (exact) mass is 374 g/mol. The van der Waals surface area contributed by atoms with Crippen LogP contribution in [0.5, 0.6) is 0 Å². The van der Waals surface area contributed by atoms with E-state index in [1.54, 1.807) is 0 Å². The standard InChI is InChI=1S/C21H30N2O4/c1-23-7-21-19(5-15-11-27-15)17(3-13-9-25-13)16(2-12-8-24-12)18(20(21)6-22)4-14-10-26-14/h12-15,23H,2-11,22H2,1H3. The van der Waals surface area contributed by atoms with Crippen molar-refractivity contribution in [2.45, 2.75) is 63.2 Å². The third-order valence-corrected chi connectivity index (χ3v) is 6.08. The Hall–Kier alpha value is -1.02. The molecule has 0 aliphatic carbocycles. The molecule has 0 radical (unpaired) electrons. The Kier molecular flexibility index (Phi) is 4.96. The van der Waals surface area contributed by atoms with E-state index in [1.165, 1.54) is 33.4 Å². The van der Waals surface area contributed by atoms with Crippen molar-refractivity contribution in [3.63, 3.8) is 0 Å². The van der Waals surface area contributed by atoms with E-state index in [2.05, 4.69) is 5.32 Å². The zero-order valence-corrected chi connectivity index (χ0v) is 16.1. The number of nitrogens with two attached hydrogens (primary N) is 1. The van der Waals surface area contributed by atoms with Crippen LogP contribution in [0.3, 0.4) is 0 Å². The van der Waals surface area contributed by atoms with E-state index in [1.807, 2.05) is 7.05 Å². The van der Waals surface area contributed by atoms with Gasteiger partial charge in [-0.15, -0.1) is 0 Å². The number of hydrogen-bond acceptors (Lipinski definition) is 6. The van der Waals surface area contributed by atoms with E-state index in [4.69, 9.17) is 24.7 Å². The summed E-state index contributed by atoms with van der Waals surface area (Å²) in [5.74, 6) is 0. The van der Waals surface area contributed by atoms with Crippen molar-refractivity contribution in [2.24, 2.45) is 5.73 Å². The molecule has 4 aliphatic heterocycles. The third kappa shape index (κ3) is 4.21. The molecule has 0 aromatic heterocycles. The first-order valence-corrected chi connectivity index (χ1v) is 10.2. The molecule has 4 aliphatic rings. The van der Waals surface area contributed by atoms with Gasteiger partial charge in [-0.05, 0) is 40.4 Å². The van der Waals surface area contributed by atoms with Crippen LogP contribution in [-0.4, -0.2) is 57.9 Å². The van der Waals surface area contributed by atoms with Crippen molar-refractivity contribution in [1.82, 2.24) is 5.32 Å². The molecule has 0 bridgehead atoms. The normalized spacial score (nSPS) is 30.4. The van der Waals surface area contributed by atoms with Crippen LogP contribution in [0.15, 0.2) is 0 Å². The molecule has 4 atom stereocenters. The minimum atomic E-state index is 0.347. The molecule has 1 aromatic carbocycles. The van der Waals surface area contributed by atoms with Crippen LogP contribution < -0.4 is 11.1 Å². The van der Waals surface area contributed by atoms with Gasteiger partial charge in [0.1, 0.15) is 0 Å². The zero-order chi connectivity index (χ0) is 18.4. The summed E-state index contributed by atoms with van der Waals surface area (Å²) >= 11 is 0. The Morgan fingerprint density at radius 1 is 0.667 bits per heavy atom. The Bertz CT molecular complexity index is 707. The molecule has 5 rings (SSSR count). The Balaban J connectivity index is 1.65. The van der Waals surface area contributed by atoms with Gasteiger partial charge in [-0.3, -0.25) is 0 Å². The maximum Gasteiger partial charge on any atom is 0.0850 e. The fraction of sp³-hybridized carbons (Fsp3) is 0.714. The summed E-state index contributed by atoms with van der Waals surface area (Å²) in [6.07, 6.45) is 5.33. The summed E-state index contributed by atoms with van der Waals surface area (Å²) in [5, 5.41) is 3.37. The second-order valence-corrected chi connectivity index (χ2v) is 8.24. The van der Waals surface area contributed by atoms with Gasteiger partial charge in [0.15, 0.2) is 0 Å². The maximum atomic E-state index is 6.32. The van der Waals surface area contributed by atoms with E-state index in [9.17, 15) is 0 Å². The predicted molar refractivity (Wildman–Crippen MR) is 101 cm³/mol. The molecule has 3 N–H and O–H groups in total. The number of benzene rings is 1. The lowest BCUT2D eigenvalue weighted by Gasteiger charge is -2.26. The first-order valence-electron chi connectivity index (χ1n) is 10.2. The van der Waals surface area contributed by atoms with E-state index >= 15 is 0 Å². The average molecular weight is 374 g/mol. The average Bonchev–Trinajstić information content (AvgIpc) is 3.49. The largest absolute Gasteiger partial charge is 0.373 e. The number of epoxide rings is 4. The van der Waals surface area contributed by atoms with Gasteiger partial charge in [-0.2, -0.15) is 0 Å². The van der Waals surface area contributed by atoms with Crippen molar-refractivity contribution in [2.75, 3.05) is 33.5 Å². The van der Waals surface area contributed by atoms with Gasteiger partial charge in [0.05, 0.1) is 50.8 Å². The van der Waals surface area contributed by atoms with Crippen molar-refractivity contribution in [3.8, 4) is 0 Å². The minimum absolute atomic E-state index is 0.347. The number of hydrogen-bond donors (Lipinski definition) is 2. The summed E-state index contributed by atoms with van der Waals surface area (Å²) in [5.41, 5.74) is 14.8.